The third-order valence-electron chi connectivity index (χ3n) is 4.48. The number of fused-ring (bicyclic) bond motifs is 1. The Morgan fingerprint density at radius 3 is 2.82 bits per heavy atom. The van der Waals surface area contributed by atoms with E-state index in [1.54, 1.807) is 23.9 Å². The van der Waals surface area contributed by atoms with Crippen LogP contribution in [0.5, 0.6) is 0 Å². The highest BCUT2D eigenvalue weighted by Crippen LogP contribution is 2.28. The number of carbonyl (C=O) groups excluding carboxylic acids is 1. The molecular weight excluding hydrogens is 517 g/mol. The van der Waals surface area contributed by atoms with Gasteiger partial charge in [-0.1, -0.05) is 70.6 Å². The molecular formula is C22H19Cl2N5OS3. The molecule has 0 fully saturated rings. The van der Waals surface area contributed by atoms with Crippen LogP contribution in [0.1, 0.15) is 11.4 Å². The van der Waals surface area contributed by atoms with Crippen LogP contribution in [0, 0.1) is 0 Å². The number of nitrogens with one attached hydrogen (secondary N) is 1. The number of allylic oxidation sites excluding steroid dienone is 1. The van der Waals surface area contributed by atoms with E-state index in [0.29, 0.717) is 32.6 Å². The Morgan fingerprint density at radius 1 is 1.18 bits per heavy atom. The number of amides is 1. The van der Waals surface area contributed by atoms with Crippen LogP contribution in [0.15, 0.2) is 60.3 Å². The van der Waals surface area contributed by atoms with Crippen LogP contribution < -0.4 is 5.32 Å². The average molecular weight is 537 g/mol. The standard InChI is InChI=1S/C22H19Cl2N5OS3/c1-2-9-29-19(12-31-11-14-7-8-15(23)10-16(14)24)27-28-22(29)32-13-20(30)26-21-25-17-5-3-4-6-18(17)33-21/h2-8,10H,1,9,11-13H2,(H,25,26,30). The topological polar surface area (TPSA) is 72.7 Å². The summed E-state index contributed by atoms with van der Waals surface area (Å²) in [4.78, 5) is 16.9. The van der Waals surface area contributed by atoms with Gasteiger partial charge >= 0.3 is 0 Å². The summed E-state index contributed by atoms with van der Waals surface area (Å²) in [5.41, 5.74) is 1.89. The van der Waals surface area contributed by atoms with Gasteiger partial charge in [0.2, 0.25) is 5.91 Å². The summed E-state index contributed by atoms with van der Waals surface area (Å²) in [6, 6.07) is 13.3. The van der Waals surface area contributed by atoms with Crippen molar-refractivity contribution in [3.63, 3.8) is 0 Å². The van der Waals surface area contributed by atoms with Gasteiger partial charge in [0.05, 0.1) is 21.7 Å². The van der Waals surface area contributed by atoms with Gasteiger partial charge in [0.15, 0.2) is 10.3 Å². The molecule has 170 valence electrons. The molecule has 6 nitrogen and oxygen atoms in total. The number of carbonyl (C=O) groups is 1. The first kappa shape index (κ1) is 24.1. The number of hydrogen-bond donors (Lipinski definition) is 1. The van der Waals surface area contributed by atoms with E-state index in [4.69, 9.17) is 23.2 Å². The molecule has 2 aromatic carbocycles. The number of rotatable bonds is 10. The average Bonchev–Trinajstić information content (AvgIpc) is 3.37. The minimum absolute atomic E-state index is 0.138. The summed E-state index contributed by atoms with van der Waals surface area (Å²) in [7, 11) is 0. The number of benzene rings is 2. The molecule has 0 spiro atoms. The fraction of sp³-hybridized carbons (Fsp3) is 0.182. The number of para-hydroxylation sites is 1. The Bertz CT molecular complexity index is 1260. The molecule has 4 aromatic rings. The maximum atomic E-state index is 12.5. The van der Waals surface area contributed by atoms with Gasteiger partial charge in [0.25, 0.3) is 0 Å². The second-order valence-corrected chi connectivity index (χ2v) is 10.7. The smallest absolute Gasteiger partial charge is 0.236 e. The molecule has 0 bridgehead atoms. The van der Waals surface area contributed by atoms with Crippen LogP contribution >= 0.6 is 58.1 Å². The van der Waals surface area contributed by atoms with E-state index >= 15 is 0 Å². The van der Waals surface area contributed by atoms with Crippen LogP contribution in [-0.4, -0.2) is 31.4 Å². The third-order valence-corrected chi connectivity index (χ3v) is 7.96. The van der Waals surface area contributed by atoms with Crippen molar-refractivity contribution in [1.82, 2.24) is 19.7 Å². The lowest BCUT2D eigenvalue weighted by Gasteiger charge is -2.08. The zero-order valence-electron chi connectivity index (χ0n) is 17.3. The van der Waals surface area contributed by atoms with Gasteiger partial charge in [0, 0.05) is 22.3 Å². The quantitative estimate of drug-likeness (QED) is 0.183. The highest BCUT2D eigenvalue weighted by atomic mass is 35.5. The predicted molar refractivity (Wildman–Crippen MR) is 141 cm³/mol. The first-order chi connectivity index (χ1) is 16.0. The van der Waals surface area contributed by atoms with Gasteiger partial charge in [-0.3, -0.25) is 4.79 Å². The molecule has 0 atom stereocenters. The largest absolute Gasteiger partial charge is 0.301 e. The maximum absolute atomic E-state index is 12.5. The summed E-state index contributed by atoms with van der Waals surface area (Å²) in [6.45, 7) is 4.39. The number of hydrogen-bond acceptors (Lipinski definition) is 7. The summed E-state index contributed by atoms with van der Waals surface area (Å²) < 4.78 is 3.01. The van der Waals surface area contributed by atoms with Gasteiger partial charge in [-0.05, 0) is 29.8 Å². The maximum Gasteiger partial charge on any atom is 0.236 e. The van der Waals surface area contributed by atoms with Crippen LogP contribution in [0.2, 0.25) is 10.0 Å². The third kappa shape index (κ3) is 6.30. The van der Waals surface area contributed by atoms with Crippen LogP contribution in [0.25, 0.3) is 10.2 Å². The number of anilines is 1. The summed E-state index contributed by atoms with van der Waals surface area (Å²) in [6.07, 6.45) is 1.79. The lowest BCUT2D eigenvalue weighted by atomic mass is 10.2. The molecule has 11 heteroatoms. The van der Waals surface area contributed by atoms with E-state index in [9.17, 15) is 4.79 Å². The van der Waals surface area contributed by atoms with Crippen LogP contribution in [0.4, 0.5) is 5.13 Å². The van der Waals surface area contributed by atoms with Crippen LogP contribution in [0.3, 0.4) is 0 Å². The molecule has 33 heavy (non-hydrogen) atoms. The Morgan fingerprint density at radius 2 is 2.03 bits per heavy atom. The molecule has 0 aliphatic rings. The molecule has 0 unspecified atom stereocenters. The molecule has 1 N–H and O–H groups in total. The van der Waals surface area contributed by atoms with Crippen molar-refractivity contribution >= 4 is 79.3 Å². The number of thiazole rings is 1. The molecule has 0 saturated carbocycles. The molecule has 0 aliphatic carbocycles. The highest BCUT2D eigenvalue weighted by Gasteiger charge is 2.15. The molecule has 2 aromatic heterocycles. The van der Waals surface area contributed by atoms with E-state index in [2.05, 4.69) is 27.1 Å². The van der Waals surface area contributed by atoms with Crippen molar-refractivity contribution in [2.24, 2.45) is 0 Å². The first-order valence-electron chi connectivity index (χ1n) is 9.86. The zero-order valence-corrected chi connectivity index (χ0v) is 21.3. The van der Waals surface area contributed by atoms with E-state index in [1.807, 2.05) is 41.0 Å². The zero-order chi connectivity index (χ0) is 23.2. The molecule has 0 radical (unpaired) electrons. The number of thioether (sulfide) groups is 2. The van der Waals surface area contributed by atoms with Gasteiger partial charge in [-0.25, -0.2) is 4.98 Å². The van der Waals surface area contributed by atoms with Crippen molar-refractivity contribution in [3.05, 3.63) is 76.6 Å². The number of halogens is 2. The van der Waals surface area contributed by atoms with Gasteiger partial charge in [-0.15, -0.1) is 28.5 Å². The van der Waals surface area contributed by atoms with E-state index in [0.717, 1.165) is 27.4 Å². The second kappa shape index (κ2) is 11.4. The number of nitrogens with zero attached hydrogens (tertiary/aromatic N) is 4. The van der Waals surface area contributed by atoms with Crippen molar-refractivity contribution < 1.29 is 4.79 Å². The van der Waals surface area contributed by atoms with Gasteiger partial charge in [-0.2, -0.15) is 0 Å². The first-order valence-corrected chi connectivity index (χ1v) is 13.6. The van der Waals surface area contributed by atoms with Gasteiger partial charge < -0.3 is 9.88 Å². The molecule has 2 heterocycles. The lowest BCUT2D eigenvalue weighted by molar-refractivity contribution is -0.113. The van der Waals surface area contributed by atoms with Crippen molar-refractivity contribution in [1.29, 1.82) is 0 Å². The minimum Gasteiger partial charge on any atom is -0.301 e. The Kier molecular flexibility index (Phi) is 8.32. The monoisotopic (exact) mass is 535 g/mol. The normalized spacial score (nSPS) is 11.1. The fourth-order valence-electron chi connectivity index (χ4n) is 2.95. The Hall–Kier alpha value is -2.04. The van der Waals surface area contributed by atoms with Crippen molar-refractivity contribution in [2.75, 3.05) is 11.1 Å². The molecule has 0 aliphatic heterocycles. The SMILES string of the molecule is C=CCn1c(CSCc2ccc(Cl)cc2Cl)nnc1SCC(=O)Nc1nc2ccccc2s1. The fourth-order valence-corrected chi connectivity index (χ4v) is 6.12. The van der Waals surface area contributed by atoms with Gasteiger partial charge in [0.1, 0.15) is 5.82 Å². The van der Waals surface area contributed by atoms with E-state index in [-0.39, 0.29) is 11.7 Å². The summed E-state index contributed by atoms with van der Waals surface area (Å²) >= 11 is 16.7. The number of aromatic nitrogens is 4. The lowest BCUT2D eigenvalue weighted by Crippen LogP contribution is -2.14. The second-order valence-electron chi connectivity index (χ2n) is 6.85. The van der Waals surface area contributed by atoms with Crippen molar-refractivity contribution in [3.8, 4) is 0 Å². The van der Waals surface area contributed by atoms with E-state index < -0.39 is 0 Å². The Labute approximate surface area is 213 Å². The Balaban J connectivity index is 1.34. The summed E-state index contributed by atoms with van der Waals surface area (Å²) in [5.74, 6) is 2.26. The molecule has 0 saturated heterocycles. The van der Waals surface area contributed by atoms with E-state index in [1.165, 1.54) is 23.1 Å². The minimum atomic E-state index is -0.138. The summed E-state index contributed by atoms with van der Waals surface area (Å²) in [5, 5.41) is 14.0. The molecule has 1 amide bonds. The van der Waals surface area contributed by atoms with Crippen LogP contribution in [-0.2, 0) is 22.8 Å². The van der Waals surface area contributed by atoms with Crippen molar-refractivity contribution in [2.45, 2.75) is 23.2 Å². The highest BCUT2D eigenvalue weighted by molar-refractivity contribution is 7.99. The predicted octanol–water partition coefficient (Wildman–Crippen LogP) is 6.54. The molecule has 4 rings (SSSR count).